The van der Waals surface area contributed by atoms with E-state index in [4.69, 9.17) is 14.2 Å². The van der Waals surface area contributed by atoms with E-state index in [0.717, 1.165) is 57.8 Å². The molecule has 0 fully saturated rings. The number of rotatable bonds is 59. The molecular weight excluding hydrogens is 865 g/mol. The van der Waals surface area contributed by atoms with E-state index in [0.29, 0.717) is 19.3 Å². The Labute approximate surface area is 437 Å². The van der Waals surface area contributed by atoms with Crippen molar-refractivity contribution in [3.8, 4) is 0 Å². The number of allylic oxidation sites excluding steroid dienone is 2. The van der Waals surface area contributed by atoms with E-state index >= 15 is 0 Å². The number of ether oxygens (including phenoxy) is 3. The van der Waals surface area contributed by atoms with Gasteiger partial charge in [-0.15, -0.1) is 0 Å². The first-order valence-electron chi connectivity index (χ1n) is 31.7. The number of carbonyl (C=O) groups is 3. The molecule has 1 atom stereocenters. The first-order chi connectivity index (χ1) is 34.5. The Bertz CT molecular complexity index is 1090. The summed E-state index contributed by atoms with van der Waals surface area (Å²) in [5, 5.41) is 0. The largest absolute Gasteiger partial charge is 0.462 e. The molecule has 0 saturated carbocycles. The highest BCUT2D eigenvalue weighted by Crippen LogP contribution is 2.18. The maximum absolute atomic E-state index is 12.9. The predicted molar refractivity (Wildman–Crippen MR) is 303 cm³/mol. The molecule has 0 aliphatic rings. The summed E-state index contributed by atoms with van der Waals surface area (Å²) in [6.45, 7) is 6.70. The van der Waals surface area contributed by atoms with Crippen molar-refractivity contribution in [2.45, 2.75) is 367 Å². The zero-order valence-electron chi connectivity index (χ0n) is 47.6. The lowest BCUT2D eigenvalue weighted by Gasteiger charge is -2.18. The van der Waals surface area contributed by atoms with Crippen LogP contribution < -0.4 is 0 Å². The molecule has 0 bridgehead atoms. The van der Waals surface area contributed by atoms with Gasteiger partial charge in [-0.25, -0.2) is 0 Å². The monoisotopic (exact) mass is 987 g/mol. The lowest BCUT2D eigenvalue weighted by Crippen LogP contribution is -2.30. The second kappa shape index (κ2) is 59.7. The van der Waals surface area contributed by atoms with E-state index in [1.807, 2.05) is 0 Å². The molecule has 0 aliphatic carbocycles. The van der Waals surface area contributed by atoms with Gasteiger partial charge in [0, 0.05) is 19.3 Å². The summed E-state index contributed by atoms with van der Waals surface area (Å²) in [7, 11) is 0. The third-order valence-electron chi connectivity index (χ3n) is 14.5. The van der Waals surface area contributed by atoms with Gasteiger partial charge in [-0.1, -0.05) is 309 Å². The van der Waals surface area contributed by atoms with Gasteiger partial charge < -0.3 is 14.2 Å². The molecule has 0 saturated heterocycles. The second-order valence-corrected chi connectivity index (χ2v) is 21.7. The molecule has 0 amide bonds. The predicted octanol–water partition coefficient (Wildman–Crippen LogP) is 21.3. The summed E-state index contributed by atoms with van der Waals surface area (Å²) in [5.74, 6) is -0.841. The Morgan fingerprint density at radius 1 is 0.271 bits per heavy atom. The molecule has 0 aliphatic heterocycles. The highest BCUT2D eigenvalue weighted by atomic mass is 16.6. The summed E-state index contributed by atoms with van der Waals surface area (Å²) in [5.41, 5.74) is 0. The van der Waals surface area contributed by atoms with Crippen LogP contribution in [0.15, 0.2) is 12.2 Å². The molecule has 0 N–H and O–H groups in total. The van der Waals surface area contributed by atoms with E-state index in [2.05, 4.69) is 32.9 Å². The van der Waals surface area contributed by atoms with Crippen molar-refractivity contribution in [1.82, 2.24) is 0 Å². The molecule has 0 spiro atoms. The lowest BCUT2D eigenvalue weighted by atomic mass is 10.0. The minimum absolute atomic E-state index is 0.0653. The van der Waals surface area contributed by atoms with Crippen molar-refractivity contribution in [1.29, 1.82) is 0 Å². The SMILES string of the molecule is CCCCCCCC/C=C\CCCCCCCCCC(=O)OC(COC(=O)CCCCCCCCCCCCCCC)COC(=O)CCCCCCCCCCCCCCCCCCCCCCCC. The standard InChI is InChI=1S/C64H122O6/c1-4-7-10-13-16-19-22-25-27-29-30-31-32-33-35-36-39-42-45-48-51-54-57-63(66)69-60-61(59-68-62(65)56-53-50-47-44-41-38-24-21-18-15-12-9-6-3)70-64(67)58-55-52-49-46-43-40-37-34-28-26-23-20-17-14-11-8-5-2/h26,28,61H,4-25,27,29-60H2,1-3H3/b28-26-. The third kappa shape index (κ3) is 57.1. The molecule has 0 aromatic rings. The van der Waals surface area contributed by atoms with Gasteiger partial charge >= 0.3 is 17.9 Å². The van der Waals surface area contributed by atoms with Crippen LogP contribution in [0.4, 0.5) is 0 Å². The van der Waals surface area contributed by atoms with Gasteiger partial charge in [-0.3, -0.25) is 14.4 Å². The Morgan fingerprint density at radius 2 is 0.471 bits per heavy atom. The zero-order chi connectivity index (χ0) is 50.7. The van der Waals surface area contributed by atoms with Gasteiger partial charge in [0.05, 0.1) is 0 Å². The van der Waals surface area contributed by atoms with Crippen LogP contribution in [0, 0.1) is 0 Å². The molecule has 0 rings (SSSR count). The molecule has 6 nitrogen and oxygen atoms in total. The van der Waals surface area contributed by atoms with Crippen molar-refractivity contribution < 1.29 is 28.6 Å². The van der Waals surface area contributed by atoms with Crippen LogP contribution in [0.25, 0.3) is 0 Å². The van der Waals surface area contributed by atoms with Crippen molar-refractivity contribution in [3.63, 3.8) is 0 Å². The minimum Gasteiger partial charge on any atom is -0.462 e. The van der Waals surface area contributed by atoms with Crippen molar-refractivity contribution in [2.24, 2.45) is 0 Å². The smallest absolute Gasteiger partial charge is 0.306 e. The number of esters is 3. The molecule has 414 valence electrons. The second-order valence-electron chi connectivity index (χ2n) is 21.7. The molecule has 0 aromatic heterocycles. The highest BCUT2D eigenvalue weighted by molar-refractivity contribution is 5.71. The fourth-order valence-corrected chi connectivity index (χ4v) is 9.74. The van der Waals surface area contributed by atoms with Gasteiger partial charge in [-0.05, 0) is 44.9 Å². The fourth-order valence-electron chi connectivity index (χ4n) is 9.74. The molecule has 1 unspecified atom stereocenters. The molecule has 0 radical (unpaired) electrons. The van der Waals surface area contributed by atoms with Gasteiger partial charge in [0.25, 0.3) is 0 Å². The van der Waals surface area contributed by atoms with E-state index in [1.54, 1.807) is 0 Å². The number of hydrogen-bond acceptors (Lipinski definition) is 6. The Hall–Kier alpha value is -1.85. The number of hydrogen-bond donors (Lipinski definition) is 0. The van der Waals surface area contributed by atoms with Crippen molar-refractivity contribution >= 4 is 17.9 Å². The average Bonchev–Trinajstić information content (AvgIpc) is 3.36. The molecule has 0 heterocycles. The first-order valence-corrected chi connectivity index (χ1v) is 31.7. The number of unbranched alkanes of at least 4 members (excludes halogenated alkanes) is 46. The molecule has 0 aromatic carbocycles. The van der Waals surface area contributed by atoms with Crippen LogP contribution in [0.3, 0.4) is 0 Å². The van der Waals surface area contributed by atoms with E-state index < -0.39 is 6.10 Å². The van der Waals surface area contributed by atoms with Gasteiger partial charge in [-0.2, -0.15) is 0 Å². The summed E-state index contributed by atoms with van der Waals surface area (Å²) in [6.07, 6.45) is 69.3. The lowest BCUT2D eigenvalue weighted by molar-refractivity contribution is -0.167. The van der Waals surface area contributed by atoms with E-state index in [1.165, 1.54) is 263 Å². The molecule has 70 heavy (non-hydrogen) atoms. The van der Waals surface area contributed by atoms with Gasteiger partial charge in [0.15, 0.2) is 6.10 Å². The maximum Gasteiger partial charge on any atom is 0.306 e. The summed E-state index contributed by atoms with van der Waals surface area (Å²) < 4.78 is 16.9. The van der Waals surface area contributed by atoms with Gasteiger partial charge in [0.1, 0.15) is 13.2 Å². The quantitative estimate of drug-likeness (QED) is 0.0261. The first kappa shape index (κ1) is 68.2. The van der Waals surface area contributed by atoms with Crippen LogP contribution >= 0.6 is 0 Å². The normalized spacial score (nSPS) is 12.0. The number of carbonyl (C=O) groups excluding carboxylic acids is 3. The van der Waals surface area contributed by atoms with Crippen LogP contribution in [-0.4, -0.2) is 37.2 Å². The van der Waals surface area contributed by atoms with Crippen molar-refractivity contribution in [2.75, 3.05) is 13.2 Å². The highest BCUT2D eigenvalue weighted by Gasteiger charge is 2.19. The Kier molecular flexibility index (Phi) is 58.1. The summed E-state index contributed by atoms with van der Waals surface area (Å²) in [4.78, 5) is 38.2. The maximum atomic E-state index is 12.9. The third-order valence-corrected chi connectivity index (χ3v) is 14.5. The average molecular weight is 988 g/mol. The van der Waals surface area contributed by atoms with Crippen LogP contribution in [0.1, 0.15) is 361 Å². The topological polar surface area (TPSA) is 78.9 Å². The van der Waals surface area contributed by atoms with Crippen LogP contribution in [-0.2, 0) is 28.6 Å². The van der Waals surface area contributed by atoms with Crippen molar-refractivity contribution in [3.05, 3.63) is 12.2 Å². The Morgan fingerprint density at radius 3 is 0.714 bits per heavy atom. The fraction of sp³-hybridized carbons (Fsp3) is 0.922. The molecular formula is C64H122O6. The van der Waals surface area contributed by atoms with Gasteiger partial charge in [0.2, 0.25) is 0 Å². The van der Waals surface area contributed by atoms with E-state index in [9.17, 15) is 14.4 Å². The minimum atomic E-state index is -0.767. The zero-order valence-corrected chi connectivity index (χ0v) is 47.6. The van der Waals surface area contributed by atoms with Crippen LogP contribution in [0.2, 0.25) is 0 Å². The molecule has 6 heteroatoms. The van der Waals surface area contributed by atoms with E-state index in [-0.39, 0.29) is 31.1 Å². The summed E-state index contributed by atoms with van der Waals surface area (Å²) >= 11 is 0. The van der Waals surface area contributed by atoms with Crippen LogP contribution in [0.5, 0.6) is 0 Å². The Balaban J connectivity index is 4.25. The summed E-state index contributed by atoms with van der Waals surface area (Å²) in [6, 6.07) is 0.